The van der Waals surface area contributed by atoms with Gasteiger partial charge in [-0.2, -0.15) is 0 Å². The van der Waals surface area contributed by atoms with E-state index in [1.165, 1.54) is 137 Å². The summed E-state index contributed by atoms with van der Waals surface area (Å²) in [5.74, 6) is 0. The zero-order valence-corrected chi connectivity index (χ0v) is 34.8. The van der Waals surface area contributed by atoms with E-state index in [2.05, 4.69) is 196 Å². The van der Waals surface area contributed by atoms with Crippen molar-refractivity contribution in [1.29, 1.82) is 0 Å². The van der Waals surface area contributed by atoms with E-state index in [1.54, 1.807) is 0 Å². The maximum atomic E-state index is 2.54. The van der Waals surface area contributed by atoms with Crippen LogP contribution in [0.4, 0.5) is 17.1 Å². The Balaban J connectivity index is 1.15. The summed E-state index contributed by atoms with van der Waals surface area (Å²) in [4.78, 5) is 2.54. The minimum Gasteiger partial charge on any atom is -0.310 e. The molecule has 11 rings (SSSR count). The van der Waals surface area contributed by atoms with Gasteiger partial charge in [0.05, 0.1) is 0 Å². The molecule has 2 aliphatic carbocycles. The largest absolute Gasteiger partial charge is 0.310 e. The zero-order valence-electron chi connectivity index (χ0n) is 34.8. The van der Waals surface area contributed by atoms with Crippen molar-refractivity contribution in [2.45, 2.75) is 77.0 Å². The summed E-state index contributed by atoms with van der Waals surface area (Å²) in [6.45, 7) is 9.73. The van der Waals surface area contributed by atoms with Crippen molar-refractivity contribution in [3.05, 3.63) is 186 Å². The van der Waals surface area contributed by atoms with Crippen molar-refractivity contribution in [2.24, 2.45) is 0 Å². The fourth-order valence-electron chi connectivity index (χ4n) is 10.5. The molecule has 0 N–H and O–H groups in total. The minimum atomic E-state index is 0.104. The Hall–Kier alpha value is -6.18. The predicted molar refractivity (Wildman–Crippen MR) is 254 cm³/mol. The van der Waals surface area contributed by atoms with E-state index < -0.39 is 0 Å². The van der Waals surface area contributed by atoms with Crippen LogP contribution in [0, 0.1) is 0 Å². The molecule has 0 unspecified atom stereocenters. The fourth-order valence-corrected chi connectivity index (χ4v) is 10.5. The fraction of sp³-hybridized carbons (Fsp3) is 0.207. The van der Waals surface area contributed by atoms with Crippen molar-refractivity contribution in [3.63, 3.8) is 0 Å². The molecule has 9 aromatic rings. The zero-order chi connectivity index (χ0) is 39.9. The van der Waals surface area contributed by atoms with E-state index >= 15 is 0 Å². The summed E-state index contributed by atoms with van der Waals surface area (Å²) in [5, 5.41) is 10.2. The first-order chi connectivity index (χ1) is 28.7. The highest BCUT2D eigenvalue weighted by atomic mass is 15.1. The van der Waals surface area contributed by atoms with Crippen molar-refractivity contribution >= 4 is 60.2 Å². The average Bonchev–Trinajstić information content (AvgIpc) is 3.27. The Bertz CT molecular complexity index is 3120. The van der Waals surface area contributed by atoms with Crippen LogP contribution in [0.2, 0.25) is 0 Å². The molecule has 0 radical (unpaired) electrons. The number of hydrogen-bond donors (Lipinski definition) is 0. The quantitative estimate of drug-likeness (QED) is 0.158. The maximum Gasteiger partial charge on any atom is 0.0468 e. The molecule has 0 bridgehead atoms. The first-order valence-corrected chi connectivity index (χ1v) is 21.8. The number of hydrogen-bond acceptors (Lipinski definition) is 1. The van der Waals surface area contributed by atoms with Crippen LogP contribution in [0.5, 0.6) is 0 Å². The first-order valence-electron chi connectivity index (χ1n) is 21.8. The molecule has 0 atom stereocenters. The van der Waals surface area contributed by atoms with Gasteiger partial charge < -0.3 is 4.90 Å². The summed E-state index contributed by atoms with van der Waals surface area (Å²) in [6.07, 6.45) is 7.26. The minimum absolute atomic E-state index is 0.104. The van der Waals surface area contributed by atoms with E-state index in [-0.39, 0.29) is 10.8 Å². The molecule has 0 spiro atoms. The van der Waals surface area contributed by atoms with Crippen LogP contribution in [-0.4, -0.2) is 0 Å². The highest BCUT2D eigenvalue weighted by Crippen LogP contribution is 2.49. The molecule has 288 valence electrons. The standard InChI is InChI=1S/C58H51N/c1-57(2)31-32-58(3,4)56-37-48(27-30-55(56)57)59(46-25-23-38-11-5-6-14-42(38)34-46)47-26-29-52(45-22-20-41-18-17-40-13-8-10-16-50(40)53(41)35-45)54(36-47)44-24-28-51-43(33-44)21-19-39-12-7-9-15-49(39)51/h7-10,12-13,15-30,33-37H,5-6,11,14,31-32H2,1-4H3. The second-order valence-electron chi connectivity index (χ2n) is 18.7. The molecule has 0 aliphatic heterocycles. The number of anilines is 3. The van der Waals surface area contributed by atoms with Gasteiger partial charge in [-0.1, -0.05) is 143 Å². The smallest absolute Gasteiger partial charge is 0.0468 e. The van der Waals surface area contributed by atoms with Gasteiger partial charge in [0.15, 0.2) is 0 Å². The van der Waals surface area contributed by atoms with Gasteiger partial charge in [-0.05, 0) is 185 Å². The third-order valence-electron chi connectivity index (χ3n) is 14.1. The van der Waals surface area contributed by atoms with Gasteiger partial charge in [-0.3, -0.25) is 0 Å². The SMILES string of the molecule is CC1(C)CCC(C)(C)c2cc(N(c3ccc4c(c3)CCCC4)c3ccc(-c4ccc5ccc6ccccc6c5c4)c(-c4ccc5c(ccc6ccccc65)c4)c3)ccc21. The highest BCUT2D eigenvalue weighted by molar-refractivity contribution is 6.10. The van der Waals surface area contributed by atoms with E-state index in [0.29, 0.717) is 0 Å². The Morgan fingerprint density at radius 1 is 0.373 bits per heavy atom. The van der Waals surface area contributed by atoms with E-state index in [9.17, 15) is 0 Å². The van der Waals surface area contributed by atoms with E-state index in [0.717, 1.165) is 6.42 Å². The molecule has 0 saturated carbocycles. The third-order valence-corrected chi connectivity index (χ3v) is 14.1. The van der Waals surface area contributed by atoms with E-state index in [4.69, 9.17) is 0 Å². The van der Waals surface area contributed by atoms with Crippen LogP contribution in [0.25, 0.3) is 65.3 Å². The lowest BCUT2D eigenvalue weighted by atomic mass is 9.63. The molecular formula is C58H51N. The summed E-state index contributed by atoms with van der Waals surface area (Å²) < 4.78 is 0. The van der Waals surface area contributed by atoms with Crippen LogP contribution in [0.1, 0.15) is 75.6 Å². The molecule has 0 fully saturated rings. The molecule has 0 aromatic heterocycles. The van der Waals surface area contributed by atoms with Crippen LogP contribution < -0.4 is 4.90 Å². The number of benzene rings is 9. The Morgan fingerprint density at radius 3 is 1.69 bits per heavy atom. The van der Waals surface area contributed by atoms with Crippen molar-refractivity contribution in [3.8, 4) is 22.3 Å². The predicted octanol–water partition coefficient (Wildman–Crippen LogP) is 16.3. The lowest BCUT2D eigenvalue weighted by Gasteiger charge is -2.42. The van der Waals surface area contributed by atoms with Crippen LogP contribution in [0.15, 0.2) is 164 Å². The van der Waals surface area contributed by atoms with E-state index in [1.807, 2.05) is 0 Å². The Labute approximate surface area is 349 Å². The Morgan fingerprint density at radius 2 is 0.915 bits per heavy atom. The number of aryl methyl sites for hydroxylation is 2. The third kappa shape index (κ3) is 6.13. The molecule has 1 nitrogen and oxygen atoms in total. The highest BCUT2D eigenvalue weighted by Gasteiger charge is 2.37. The molecule has 0 amide bonds. The van der Waals surface area contributed by atoms with Crippen molar-refractivity contribution < 1.29 is 0 Å². The molecule has 0 heterocycles. The van der Waals surface area contributed by atoms with Gasteiger partial charge in [-0.15, -0.1) is 0 Å². The van der Waals surface area contributed by atoms with Gasteiger partial charge in [0.25, 0.3) is 0 Å². The summed E-state index contributed by atoms with van der Waals surface area (Å²) >= 11 is 0. The maximum absolute atomic E-state index is 2.54. The summed E-state index contributed by atoms with van der Waals surface area (Å²) in [5.41, 5.74) is 14.8. The van der Waals surface area contributed by atoms with Crippen LogP contribution in [-0.2, 0) is 23.7 Å². The first kappa shape index (κ1) is 35.9. The molecule has 59 heavy (non-hydrogen) atoms. The second kappa shape index (κ2) is 13.7. The van der Waals surface area contributed by atoms with Gasteiger partial charge in [0, 0.05) is 17.1 Å². The monoisotopic (exact) mass is 761 g/mol. The number of nitrogens with zero attached hydrogens (tertiary/aromatic N) is 1. The van der Waals surface area contributed by atoms with Gasteiger partial charge in [0.1, 0.15) is 0 Å². The van der Waals surface area contributed by atoms with Crippen molar-refractivity contribution in [2.75, 3.05) is 4.90 Å². The normalized spacial score (nSPS) is 15.7. The average molecular weight is 762 g/mol. The lowest BCUT2D eigenvalue weighted by Crippen LogP contribution is -2.34. The van der Waals surface area contributed by atoms with Gasteiger partial charge in [0.2, 0.25) is 0 Å². The second-order valence-corrected chi connectivity index (χ2v) is 18.7. The van der Waals surface area contributed by atoms with Gasteiger partial charge in [-0.25, -0.2) is 0 Å². The molecule has 1 heteroatoms. The molecule has 2 aliphatic rings. The lowest BCUT2D eigenvalue weighted by molar-refractivity contribution is 0.332. The summed E-state index contributed by atoms with van der Waals surface area (Å²) in [7, 11) is 0. The molecule has 0 saturated heterocycles. The number of fused-ring (bicyclic) bond motifs is 8. The van der Waals surface area contributed by atoms with Crippen molar-refractivity contribution in [1.82, 2.24) is 0 Å². The molecule has 9 aromatic carbocycles. The number of rotatable bonds is 5. The Kier molecular flexibility index (Phi) is 8.35. The topological polar surface area (TPSA) is 3.24 Å². The van der Waals surface area contributed by atoms with Crippen LogP contribution in [0.3, 0.4) is 0 Å². The van der Waals surface area contributed by atoms with Gasteiger partial charge >= 0.3 is 0 Å². The van der Waals surface area contributed by atoms with Crippen LogP contribution >= 0.6 is 0 Å². The molecular weight excluding hydrogens is 711 g/mol. The summed E-state index contributed by atoms with van der Waals surface area (Å²) in [6, 6.07) is 62.6.